The Bertz CT molecular complexity index is 1110. The van der Waals surface area contributed by atoms with Gasteiger partial charge >= 0.3 is 5.56 Å². The molecule has 1 saturated heterocycles. The fraction of sp³-hybridized carbons (Fsp3) is 0.250. The van der Waals surface area contributed by atoms with Crippen molar-refractivity contribution in [2.24, 2.45) is 0 Å². The number of nitrogens with one attached hydrogen (secondary N) is 1. The highest BCUT2D eigenvalue weighted by Gasteiger charge is 2.19. The van der Waals surface area contributed by atoms with Gasteiger partial charge in [0.15, 0.2) is 5.69 Å². The van der Waals surface area contributed by atoms with Crippen LogP contribution >= 0.6 is 0 Å². The average molecular weight is 398 g/mol. The number of hydrogen-bond acceptors (Lipinski definition) is 6. The van der Waals surface area contributed by atoms with E-state index in [1.807, 2.05) is 0 Å². The molecule has 1 aliphatic rings. The molecule has 0 aliphatic carbocycles. The number of aromatic hydroxyl groups is 1. The minimum absolute atomic E-state index is 0.105. The van der Waals surface area contributed by atoms with Crippen molar-refractivity contribution in [3.8, 4) is 5.75 Å². The summed E-state index contributed by atoms with van der Waals surface area (Å²) in [5.41, 5.74) is 0.699. The first-order valence-electron chi connectivity index (χ1n) is 9.13. The van der Waals surface area contributed by atoms with Gasteiger partial charge in [-0.3, -0.25) is 14.0 Å². The van der Waals surface area contributed by atoms with E-state index < -0.39 is 17.2 Å². The molecule has 0 unspecified atom stereocenters. The third-order valence-corrected chi connectivity index (χ3v) is 4.75. The van der Waals surface area contributed by atoms with E-state index in [-0.39, 0.29) is 23.7 Å². The predicted octanol–water partition coefficient (Wildman–Crippen LogP) is 1.31. The number of halogens is 1. The second-order valence-electron chi connectivity index (χ2n) is 6.64. The molecule has 29 heavy (non-hydrogen) atoms. The summed E-state index contributed by atoms with van der Waals surface area (Å²) < 4.78 is 19.5. The molecule has 4 rings (SSSR count). The molecule has 0 spiro atoms. The molecule has 150 valence electrons. The SMILES string of the molecule is O=C(NCc1ccc(F)cc1)c1nc2cc(N3CCOCC3)ccn2c(=O)c1O. The molecular weight excluding hydrogens is 379 g/mol. The Morgan fingerprint density at radius 3 is 2.66 bits per heavy atom. The fourth-order valence-electron chi connectivity index (χ4n) is 3.16. The largest absolute Gasteiger partial charge is 0.501 e. The van der Waals surface area contributed by atoms with Gasteiger partial charge in [0.05, 0.1) is 13.2 Å². The van der Waals surface area contributed by atoms with E-state index in [4.69, 9.17) is 4.74 Å². The van der Waals surface area contributed by atoms with Crippen LogP contribution in [0.1, 0.15) is 16.1 Å². The topological polar surface area (TPSA) is 96.2 Å². The summed E-state index contributed by atoms with van der Waals surface area (Å²) in [6, 6.07) is 9.09. The average Bonchev–Trinajstić information content (AvgIpc) is 2.76. The summed E-state index contributed by atoms with van der Waals surface area (Å²) in [5.74, 6) is -1.79. The van der Waals surface area contributed by atoms with Crippen LogP contribution in [0.4, 0.5) is 10.1 Å². The van der Waals surface area contributed by atoms with Crippen molar-refractivity contribution in [2.45, 2.75) is 6.54 Å². The maximum Gasteiger partial charge on any atom is 0.300 e. The standard InChI is InChI=1S/C20H19FN4O4/c21-14-3-1-13(2-4-14)12-22-19(27)17-18(26)20(28)25-6-5-15(11-16(25)23-17)24-7-9-29-10-8-24/h1-6,11,26H,7-10,12H2,(H,22,27). The molecule has 3 aromatic rings. The van der Waals surface area contributed by atoms with Crippen LogP contribution in [-0.4, -0.2) is 46.7 Å². The zero-order chi connectivity index (χ0) is 20.4. The Morgan fingerprint density at radius 2 is 1.93 bits per heavy atom. The van der Waals surface area contributed by atoms with Crippen molar-refractivity contribution in [3.63, 3.8) is 0 Å². The van der Waals surface area contributed by atoms with E-state index in [0.717, 1.165) is 5.69 Å². The van der Waals surface area contributed by atoms with Crippen molar-refractivity contribution >= 4 is 17.2 Å². The highest BCUT2D eigenvalue weighted by Crippen LogP contribution is 2.19. The molecule has 2 aromatic heterocycles. The van der Waals surface area contributed by atoms with E-state index in [1.54, 1.807) is 12.1 Å². The Hall–Kier alpha value is -3.46. The molecule has 2 N–H and O–H groups in total. The monoisotopic (exact) mass is 398 g/mol. The number of rotatable bonds is 4. The first-order valence-corrected chi connectivity index (χ1v) is 9.13. The number of carbonyl (C=O) groups is 1. The quantitative estimate of drug-likeness (QED) is 0.688. The minimum Gasteiger partial charge on any atom is -0.501 e. The molecule has 1 fully saturated rings. The number of hydrogen-bond donors (Lipinski definition) is 2. The second-order valence-corrected chi connectivity index (χ2v) is 6.64. The molecule has 0 radical (unpaired) electrons. The first-order chi connectivity index (χ1) is 14.0. The summed E-state index contributed by atoms with van der Waals surface area (Å²) in [5, 5.41) is 12.8. The van der Waals surface area contributed by atoms with Crippen LogP contribution in [0.25, 0.3) is 5.65 Å². The van der Waals surface area contributed by atoms with Crippen LogP contribution < -0.4 is 15.8 Å². The maximum absolute atomic E-state index is 13.0. The number of nitrogens with zero attached hydrogens (tertiary/aromatic N) is 3. The Morgan fingerprint density at radius 1 is 1.21 bits per heavy atom. The van der Waals surface area contributed by atoms with Gasteiger partial charge < -0.3 is 20.1 Å². The van der Waals surface area contributed by atoms with Crippen molar-refractivity contribution in [1.29, 1.82) is 0 Å². The number of aromatic nitrogens is 2. The summed E-state index contributed by atoms with van der Waals surface area (Å²) in [7, 11) is 0. The second kappa shape index (κ2) is 7.88. The van der Waals surface area contributed by atoms with Gasteiger partial charge in [-0.25, -0.2) is 9.37 Å². The van der Waals surface area contributed by atoms with Gasteiger partial charge in [-0.2, -0.15) is 0 Å². The van der Waals surface area contributed by atoms with Crippen LogP contribution in [0.2, 0.25) is 0 Å². The van der Waals surface area contributed by atoms with E-state index >= 15 is 0 Å². The van der Waals surface area contributed by atoms with Gasteiger partial charge in [0.25, 0.3) is 5.91 Å². The summed E-state index contributed by atoms with van der Waals surface area (Å²) >= 11 is 0. The molecule has 3 heterocycles. The lowest BCUT2D eigenvalue weighted by atomic mass is 10.2. The Balaban J connectivity index is 1.62. The Labute approximate surface area is 165 Å². The van der Waals surface area contributed by atoms with Crippen molar-refractivity contribution in [1.82, 2.24) is 14.7 Å². The van der Waals surface area contributed by atoms with Crippen LogP contribution in [0.15, 0.2) is 47.4 Å². The highest BCUT2D eigenvalue weighted by atomic mass is 19.1. The maximum atomic E-state index is 13.0. The van der Waals surface area contributed by atoms with Gasteiger partial charge in [-0.1, -0.05) is 12.1 Å². The zero-order valence-electron chi connectivity index (χ0n) is 15.5. The fourth-order valence-corrected chi connectivity index (χ4v) is 3.16. The highest BCUT2D eigenvalue weighted by molar-refractivity contribution is 5.95. The van der Waals surface area contributed by atoms with Gasteiger partial charge in [-0.15, -0.1) is 0 Å². The number of fused-ring (bicyclic) bond motifs is 1. The van der Waals surface area contributed by atoms with Gasteiger partial charge in [0, 0.05) is 37.6 Å². The number of benzene rings is 1. The number of pyridine rings is 1. The van der Waals surface area contributed by atoms with Crippen LogP contribution in [-0.2, 0) is 11.3 Å². The number of anilines is 1. The predicted molar refractivity (Wildman–Crippen MR) is 104 cm³/mol. The van der Waals surface area contributed by atoms with Crippen LogP contribution in [0.3, 0.4) is 0 Å². The molecule has 1 aromatic carbocycles. The molecular formula is C20H19FN4O4. The third-order valence-electron chi connectivity index (χ3n) is 4.75. The molecule has 1 amide bonds. The number of carbonyl (C=O) groups excluding carboxylic acids is 1. The number of ether oxygens (including phenoxy) is 1. The Kier molecular flexibility index (Phi) is 5.13. The van der Waals surface area contributed by atoms with E-state index in [1.165, 1.54) is 34.9 Å². The lowest BCUT2D eigenvalue weighted by molar-refractivity contribution is 0.0942. The zero-order valence-corrected chi connectivity index (χ0v) is 15.5. The van der Waals surface area contributed by atoms with Gasteiger partial charge in [0.1, 0.15) is 11.5 Å². The van der Waals surface area contributed by atoms with Crippen molar-refractivity contribution < 1.29 is 19.0 Å². The molecule has 0 saturated carbocycles. The smallest absolute Gasteiger partial charge is 0.300 e. The van der Waals surface area contributed by atoms with Gasteiger partial charge in [-0.05, 0) is 23.8 Å². The number of amides is 1. The molecule has 0 atom stereocenters. The van der Waals surface area contributed by atoms with Gasteiger partial charge in [0.2, 0.25) is 5.75 Å². The molecule has 8 nitrogen and oxygen atoms in total. The van der Waals surface area contributed by atoms with Crippen LogP contribution in [0, 0.1) is 5.82 Å². The van der Waals surface area contributed by atoms with Crippen molar-refractivity contribution in [3.05, 3.63) is 70.0 Å². The lowest BCUT2D eigenvalue weighted by Gasteiger charge is -2.28. The molecule has 0 bridgehead atoms. The first kappa shape index (κ1) is 18.9. The summed E-state index contributed by atoms with van der Waals surface area (Å²) in [4.78, 5) is 31.3. The molecule has 1 aliphatic heterocycles. The lowest BCUT2D eigenvalue weighted by Crippen LogP contribution is -2.36. The molecule has 9 heteroatoms. The van der Waals surface area contributed by atoms with Crippen molar-refractivity contribution in [2.75, 3.05) is 31.2 Å². The number of morpholine rings is 1. The van der Waals surface area contributed by atoms with E-state index in [2.05, 4.69) is 15.2 Å². The van der Waals surface area contributed by atoms with E-state index in [0.29, 0.717) is 31.9 Å². The third kappa shape index (κ3) is 3.90. The van der Waals surface area contributed by atoms with E-state index in [9.17, 15) is 19.1 Å². The minimum atomic E-state index is -0.726. The normalized spacial score (nSPS) is 14.2. The summed E-state index contributed by atoms with van der Waals surface area (Å²) in [6.07, 6.45) is 1.52. The van der Waals surface area contributed by atoms with Crippen LogP contribution in [0.5, 0.6) is 5.75 Å². The summed E-state index contributed by atoms with van der Waals surface area (Å²) in [6.45, 7) is 2.75.